The van der Waals surface area contributed by atoms with Crippen molar-refractivity contribution in [3.8, 4) is 0 Å². The summed E-state index contributed by atoms with van der Waals surface area (Å²) in [6.45, 7) is 1.20. The molecule has 1 amide bonds. The maximum absolute atomic E-state index is 12.0. The number of nitrogens with one attached hydrogen (secondary N) is 1. The molecule has 0 aromatic carbocycles. The first-order valence-corrected chi connectivity index (χ1v) is 5.94. The number of carbonyl (C=O) groups is 2. The highest BCUT2D eigenvalue weighted by molar-refractivity contribution is 5.85. The van der Waals surface area contributed by atoms with E-state index in [0.29, 0.717) is 26.1 Å². The van der Waals surface area contributed by atoms with E-state index in [9.17, 15) is 9.59 Å². The average Bonchev–Trinajstić information content (AvgIpc) is 2.81. The van der Waals surface area contributed by atoms with E-state index in [1.54, 1.807) is 0 Å². The Bertz CT molecular complexity index is 333. The van der Waals surface area contributed by atoms with Crippen LogP contribution in [-0.4, -0.2) is 36.2 Å². The summed E-state index contributed by atoms with van der Waals surface area (Å²) >= 11 is 0. The molecule has 3 atom stereocenters. The number of carboxylic acids is 1. The average molecular weight is 239 g/mol. The fraction of sp³-hybridized carbons (Fsp3) is 0.667. The van der Waals surface area contributed by atoms with Gasteiger partial charge in [0.1, 0.15) is 0 Å². The zero-order valence-electron chi connectivity index (χ0n) is 9.59. The fourth-order valence-corrected chi connectivity index (χ4v) is 2.33. The minimum Gasteiger partial charge on any atom is -0.481 e. The Morgan fingerprint density at radius 3 is 2.53 bits per heavy atom. The highest BCUT2D eigenvalue weighted by atomic mass is 16.5. The van der Waals surface area contributed by atoms with Crippen molar-refractivity contribution in [3.05, 3.63) is 12.2 Å². The maximum atomic E-state index is 12.0. The zero-order valence-corrected chi connectivity index (χ0v) is 9.59. The van der Waals surface area contributed by atoms with Crippen LogP contribution in [0, 0.1) is 11.8 Å². The van der Waals surface area contributed by atoms with E-state index >= 15 is 0 Å². The molecule has 0 spiro atoms. The lowest BCUT2D eigenvalue weighted by atomic mass is 9.82. The van der Waals surface area contributed by atoms with Crippen molar-refractivity contribution in [2.75, 3.05) is 13.2 Å². The van der Waals surface area contributed by atoms with Crippen molar-refractivity contribution in [1.29, 1.82) is 0 Å². The Balaban J connectivity index is 1.96. The highest BCUT2D eigenvalue weighted by Gasteiger charge is 2.35. The van der Waals surface area contributed by atoms with Gasteiger partial charge < -0.3 is 15.2 Å². The summed E-state index contributed by atoms with van der Waals surface area (Å²) in [6, 6.07) is 0.0443. The number of hydrogen-bond donors (Lipinski definition) is 2. The van der Waals surface area contributed by atoms with Gasteiger partial charge in [0.25, 0.3) is 0 Å². The number of amides is 1. The van der Waals surface area contributed by atoms with Crippen LogP contribution in [0.1, 0.15) is 19.3 Å². The van der Waals surface area contributed by atoms with Gasteiger partial charge in [0.05, 0.1) is 24.5 Å². The van der Waals surface area contributed by atoms with Gasteiger partial charge in [-0.1, -0.05) is 12.2 Å². The summed E-state index contributed by atoms with van der Waals surface area (Å²) in [6.07, 6.45) is 5.48. The molecule has 94 valence electrons. The molecule has 0 aromatic rings. The van der Waals surface area contributed by atoms with Crippen molar-refractivity contribution in [2.45, 2.75) is 25.3 Å². The SMILES string of the molecule is O=C(O)C1CC=CCC1C(=O)NC1CCOC1. The van der Waals surface area contributed by atoms with Crippen molar-refractivity contribution >= 4 is 11.9 Å². The number of hydrogen-bond acceptors (Lipinski definition) is 3. The van der Waals surface area contributed by atoms with Gasteiger partial charge in [-0.05, 0) is 19.3 Å². The Morgan fingerprint density at radius 1 is 1.24 bits per heavy atom. The van der Waals surface area contributed by atoms with Gasteiger partial charge in [-0.25, -0.2) is 0 Å². The summed E-state index contributed by atoms with van der Waals surface area (Å²) < 4.78 is 5.17. The monoisotopic (exact) mass is 239 g/mol. The topological polar surface area (TPSA) is 75.6 Å². The molecule has 1 saturated heterocycles. The second-order valence-corrected chi connectivity index (χ2v) is 4.56. The molecule has 0 saturated carbocycles. The summed E-state index contributed by atoms with van der Waals surface area (Å²) in [5.41, 5.74) is 0. The van der Waals surface area contributed by atoms with Gasteiger partial charge >= 0.3 is 5.97 Å². The van der Waals surface area contributed by atoms with Crippen LogP contribution < -0.4 is 5.32 Å². The standard InChI is InChI=1S/C12H17NO4/c14-11(13-8-5-6-17-7-8)9-3-1-2-4-10(9)12(15)16/h1-2,8-10H,3-7H2,(H,13,14)(H,15,16). The molecule has 1 heterocycles. The Morgan fingerprint density at radius 2 is 1.94 bits per heavy atom. The number of carbonyl (C=O) groups excluding carboxylic acids is 1. The lowest BCUT2D eigenvalue weighted by molar-refractivity contribution is -0.147. The quantitative estimate of drug-likeness (QED) is 0.705. The van der Waals surface area contributed by atoms with Gasteiger partial charge in [0.2, 0.25) is 5.91 Å². The van der Waals surface area contributed by atoms with Crippen molar-refractivity contribution < 1.29 is 19.4 Å². The number of ether oxygens (including phenoxy) is 1. The molecule has 1 aliphatic heterocycles. The largest absolute Gasteiger partial charge is 0.481 e. The number of allylic oxidation sites excluding steroid dienone is 2. The Kier molecular flexibility index (Phi) is 3.78. The molecular formula is C12H17NO4. The molecule has 17 heavy (non-hydrogen) atoms. The minimum absolute atomic E-state index is 0.0443. The van der Waals surface area contributed by atoms with Gasteiger partial charge in [-0.3, -0.25) is 9.59 Å². The smallest absolute Gasteiger partial charge is 0.307 e. The van der Waals surface area contributed by atoms with Crippen LogP contribution >= 0.6 is 0 Å². The molecule has 5 heteroatoms. The summed E-state index contributed by atoms with van der Waals surface area (Å²) in [7, 11) is 0. The van der Waals surface area contributed by atoms with E-state index in [2.05, 4.69) is 5.32 Å². The second kappa shape index (κ2) is 5.31. The third-order valence-corrected chi connectivity index (χ3v) is 3.36. The molecule has 0 bridgehead atoms. The van der Waals surface area contributed by atoms with Crippen LogP contribution in [0.15, 0.2) is 12.2 Å². The van der Waals surface area contributed by atoms with Gasteiger partial charge in [-0.2, -0.15) is 0 Å². The molecule has 1 fully saturated rings. The first-order valence-electron chi connectivity index (χ1n) is 5.94. The first-order chi connectivity index (χ1) is 8.18. The number of aliphatic carboxylic acids is 1. The molecule has 5 nitrogen and oxygen atoms in total. The molecule has 1 aliphatic carbocycles. The van der Waals surface area contributed by atoms with E-state index in [0.717, 1.165) is 6.42 Å². The van der Waals surface area contributed by atoms with Crippen LogP contribution in [0.3, 0.4) is 0 Å². The minimum atomic E-state index is -0.892. The van der Waals surface area contributed by atoms with E-state index in [4.69, 9.17) is 9.84 Å². The summed E-state index contributed by atoms with van der Waals surface area (Å²) in [5, 5.41) is 12.0. The Labute approximate surface area is 99.8 Å². The predicted molar refractivity (Wildman–Crippen MR) is 60.4 cm³/mol. The van der Waals surface area contributed by atoms with Gasteiger partial charge in [0.15, 0.2) is 0 Å². The van der Waals surface area contributed by atoms with E-state index < -0.39 is 17.8 Å². The molecule has 2 rings (SSSR count). The fourth-order valence-electron chi connectivity index (χ4n) is 2.33. The van der Waals surface area contributed by atoms with Crippen LogP contribution in [0.25, 0.3) is 0 Å². The lowest BCUT2D eigenvalue weighted by Crippen LogP contribution is -2.43. The molecular weight excluding hydrogens is 222 g/mol. The summed E-state index contributed by atoms with van der Waals surface area (Å²) in [4.78, 5) is 23.1. The second-order valence-electron chi connectivity index (χ2n) is 4.56. The third-order valence-electron chi connectivity index (χ3n) is 3.36. The zero-order chi connectivity index (χ0) is 12.3. The molecule has 0 radical (unpaired) electrons. The van der Waals surface area contributed by atoms with E-state index in [1.807, 2.05) is 12.2 Å². The van der Waals surface area contributed by atoms with E-state index in [1.165, 1.54) is 0 Å². The van der Waals surface area contributed by atoms with Crippen molar-refractivity contribution in [1.82, 2.24) is 5.32 Å². The van der Waals surface area contributed by atoms with Crippen molar-refractivity contribution in [2.24, 2.45) is 11.8 Å². The van der Waals surface area contributed by atoms with Gasteiger partial charge in [0, 0.05) is 6.61 Å². The van der Waals surface area contributed by atoms with Crippen LogP contribution in [0.5, 0.6) is 0 Å². The van der Waals surface area contributed by atoms with Gasteiger partial charge in [-0.15, -0.1) is 0 Å². The predicted octanol–water partition coefficient (Wildman–Crippen LogP) is 0.558. The highest BCUT2D eigenvalue weighted by Crippen LogP contribution is 2.26. The molecule has 3 unspecified atom stereocenters. The number of carboxylic acid groups (broad SMARTS) is 1. The molecule has 2 aliphatic rings. The van der Waals surface area contributed by atoms with Crippen LogP contribution in [0.4, 0.5) is 0 Å². The first kappa shape index (κ1) is 12.1. The maximum Gasteiger partial charge on any atom is 0.307 e. The molecule has 2 N–H and O–H groups in total. The van der Waals surface area contributed by atoms with Crippen LogP contribution in [-0.2, 0) is 14.3 Å². The summed E-state index contributed by atoms with van der Waals surface area (Å²) in [5.74, 6) is -2.09. The van der Waals surface area contributed by atoms with Crippen molar-refractivity contribution in [3.63, 3.8) is 0 Å². The van der Waals surface area contributed by atoms with Crippen LogP contribution in [0.2, 0.25) is 0 Å². The third kappa shape index (κ3) is 2.85. The number of rotatable bonds is 3. The normalized spacial score (nSPS) is 32.4. The van der Waals surface area contributed by atoms with E-state index in [-0.39, 0.29) is 11.9 Å². The molecule has 0 aromatic heterocycles. The Hall–Kier alpha value is -1.36. The lowest BCUT2D eigenvalue weighted by Gasteiger charge is -2.25.